The molecule has 2 atom stereocenters. The zero-order chi connectivity index (χ0) is 13.0. The van der Waals surface area contributed by atoms with E-state index < -0.39 is 0 Å². The second kappa shape index (κ2) is 6.50. The molecule has 2 aliphatic carbocycles. The van der Waals surface area contributed by atoms with Gasteiger partial charge in [0.15, 0.2) is 5.11 Å². The first-order chi connectivity index (χ1) is 8.65. The van der Waals surface area contributed by atoms with E-state index in [9.17, 15) is 0 Å². The van der Waals surface area contributed by atoms with E-state index in [-0.39, 0.29) is 0 Å². The van der Waals surface area contributed by atoms with Gasteiger partial charge in [-0.3, -0.25) is 5.43 Å². The molecule has 0 amide bonds. The Morgan fingerprint density at radius 2 is 1.94 bits per heavy atom. The minimum atomic E-state index is 0.360. The number of nitrogens with one attached hydrogen (secondary N) is 2. The highest BCUT2D eigenvalue weighted by molar-refractivity contribution is 7.80. The zero-order valence-electron chi connectivity index (χ0n) is 11.5. The maximum atomic E-state index is 5.18. The quantitative estimate of drug-likeness (QED) is 0.596. The molecule has 0 radical (unpaired) electrons. The maximum absolute atomic E-state index is 5.18. The van der Waals surface area contributed by atoms with Gasteiger partial charge < -0.3 is 5.32 Å². The van der Waals surface area contributed by atoms with Gasteiger partial charge >= 0.3 is 0 Å². The number of hydrazone groups is 1. The summed E-state index contributed by atoms with van der Waals surface area (Å²) in [6, 6.07) is 0.360. The first kappa shape index (κ1) is 13.8. The van der Waals surface area contributed by atoms with Crippen molar-refractivity contribution in [3.8, 4) is 0 Å². The number of hydrogen-bond donors (Lipinski definition) is 2. The van der Waals surface area contributed by atoms with Crippen LogP contribution in [0.3, 0.4) is 0 Å². The van der Waals surface area contributed by atoms with Crippen molar-refractivity contribution >= 4 is 23.0 Å². The smallest absolute Gasteiger partial charge is 0.187 e. The molecule has 2 aliphatic rings. The molecule has 0 aromatic heterocycles. The van der Waals surface area contributed by atoms with Crippen LogP contribution >= 0.6 is 12.2 Å². The molecular weight excluding hydrogens is 242 g/mol. The molecular formula is C14H25N3S. The molecule has 0 unspecified atom stereocenters. The standard InChI is InChI=1S/C14H25N3S/c1-10(2)15-14(18)17-16-13-8-7-11-5-3-4-6-12(11)9-13/h10-12H,3-9H2,1-2H3,(H2,15,17,18)/b16-13-/t11-,12+/m1/s1. The summed E-state index contributed by atoms with van der Waals surface area (Å²) in [5.41, 5.74) is 4.30. The Bertz CT molecular complexity index is 325. The van der Waals surface area contributed by atoms with E-state index in [0.717, 1.165) is 18.3 Å². The maximum Gasteiger partial charge on any atom is 0.187 e. The van der Waals surface area contributed by atoms with Gasteiger partial charge in [-0.25, -0.2) is 0 Å². The molecule has 0 aromatic rings. The molecule has 18 heavy (non-hydrogen) atoms. The SMILES string of the molecule is CC(C)NC(=S)N/N=C1/CC[C@H]2CCCC[C@H]2C1. The summed E-state index contributed by atoms with van der Waals surface area (Å²) in [6.45, 7) is 4.16. The van der Waals surface area contributed by atoms with Gasteiger partial charge in [0.2, 0.25) is 0 Å². The number of hydrogen-bond acceptors (Lipinski definition) is 2. The van der Waals surface area contributed by atoms with Crippen LogP contribution in [-0.2, 0) is 0 Å². The van der Waals surface area contributed by atoms with Crippen molar-refractivity contribution < 1.29 is 0 Å². The molecule has 2 rings (SSSR count). The fourth-order valence-corrected chi connectivity index (χ4v) is 3.50. The Labute approximate surface area is 116 Å². The van der Waals surface area contributed by atoms with E-state index in [1.54, 1.807) is 0 Å². The van der Waals surface area contributed by atoms with Gasteiger partial charge in [0.1, 0.15) is 0 Å². The highest BCUT2D eigenvalue weighted by atomic mass is 32.1. The lowest BCUT2D eigenvalue weighted by atomic mass is 9.70. The predicted molar refractivity (Wildman–Crippen MR) is 80.7 cm³/mol. The minimum Gasteiger partial charge on any atom is -0.359 e. The van der Waals surface area contributed by atoms with Gasteiger partial charge in [0.05, 0.1) is 0 Å². The highest BCUT2D eigenvalue weighted by Gasteiger charge is 2.30. The van der Waals surface area contributed by atoms with E-state index >= 15 is 0 Å². The molecule has 0 aromatic carbocycles. The van der Waals surface area contributed by atoms with Crippen molar-refractivity contribution in [2.24, 2.45) is 16.9 Å². The fourth-order valence-electron chi connectivity index (χ4n) is 3.22. The number of rotatable bonds is 2. The number of nitrogens with zero attached hydrogens (tertiary/aromatic N) is 1. The zero-order valence-corrected chi connectivity index (χ0v) is 12.4. The second-order valence-corrected chi connectivity index (χ2v) is 6.37. The summed E-state index contributed by atoms with van der Waals surface area (Å²) in [5.74, 6) is 1.86. The number of fused-ring (bicyclic) bond motifs is 1. The highest BCUT2D eigenvalue weighted by Crippen LogP contribution is 2.39. The van der Waals surface area contributed by atoms with Crippen LogP contribution in [-0.4, -0.2) is 16.9 Å². The number of thiocarbonyl (C=S) groups is 1. The van der Waals surface area contributed by atoms with E-state index in [2.05, 4.69) is 29.7 Å². The Morgan fingerprint density at radius 1 is 1.22 bits per heavy atom. The third-order valence-electron chi connectivity index (χ3n) is 4.10. The van der Waals surface area contributed by atoms with Gasteiger partial charge in [-0.1, -0.05) is 19.3 Å². The first-order valence-electron chi connectivity index (χ1n) is 7.27. The van der Waals surface area contributed by atoms with Crippen LogP contribution in [0.4, 0.5) is 0 Å². The second-order valence-electron chi connectivity index (χ2n) is 5.97. The summed E-state index contributed by atoms with van der Waals surface area (Å²) in [6.07, 6.45) is 9.36. The van der Waals surface area contributed by atoms with E-state index in [0.29, 0.717) is 11.2 Å². The third kappa shape index (κ3) is 3.94. The molecule has 102 valence electrons. The van der Waals surface area contributed by atoms with Crippen LogP contribution in [0, 0.1) is 11.8 Å². The van der Waals surface area contributed by atoms with Gasteiger partial charge in [-0.05, 0) is 63.6 Å². The molecule has 0 saturated heterocycles. The average molecular weight is 267 g/mol. The van der Waals surface area contributed by atoms with Gasteiger partial charge in [-0.15, -0.1) is 0 Å². The molecule has 2 N–H and O–H groups in total. The van der Waals surface area contributed by atoms with E-state index in [1.165, 1.54) is 44.2 Å². The molecule has 4 heteroatoms. The summed E-state index contributed by atoms with van der Waals surface area (Å²) in [7, 11) is 0. The van der Waals surface area contributed by atoms with E-state index in [4.69, 9.17) is 12.2 Å². The van der Waals surface area contributed by atoms with Crippen molar-refractivity contribution in [3.63, 3.8) is 0 Å². The lowest BCUT2D eigenvalue weighted by molar-refractivity contribution is 0.218. The lowest BCUT2D eigenvalue weighted by Crippen LogP contribution is -2.37. The first-order valence-corrected chi connectivity index (χ1v) is 7.68. The van der Waals surface area contributed by atoms with Crippen molar-refractivity contribution in [1.29, 1.82) is 0 Å². The summed E-state index contributed by atoms with van der Waals surface area (Å²) >= 11 is 5.18. The summed E-state index contributed by atoms with van der Waals surface area (Å²) < 4.78 is 0. The Kier molecular flexibility index (Phi) is 4.98. The van der Waals surface area contributed by atoms with Crippen LogP contribution in [0.5, 0.6) is 0 Å². The molecule has 0 heterocycles. The molecule has 0 spiro atoms. The molecule has 0 bridgehead atoms. The topological polar surface area (TPSA) is 36.4 Å². The van der Waals surface area contributed by atoms with Crippen LogP contribution in [0.1, 0.15) is 58.8 Å². The summed E-state index contributed by atoms with van der Waals surface area (Å²) in [5, 5.41) is 8.28. The Hall–Kier alpha value is -0.640. The monoisotopic (exact) mass is 267 g/mol. The fraction of sp³-hybridized carbons (Fsp3) is 0.857. The van der Waals surface area contributed by atoms with Crippen molar-refractivity contribution in [1.82, 2.24) is 10.7 Å². The minimum absolute atomic E-state index is 0.360. The average Bonchev–Trinajstić information content (AvgIpc) is 2.35. The van der Waals surface area contributed by atoms with Crippen LogP contribution in [0.15, 0.2) is 5.10 Å². The summed E-state index contributed by atoms with van der Waals surface area (Å²) in [4.78, 5) is 0. The van der Waals surface area contributed by atoms with Gasteiger partial charge in [-0.2, -0.15) is 5.10 Å². The molecule has 2 fully saturated rings. The van der Waals surface area contributed by atoms with E-state index in [1.807, 2.05) is 0 Å². The molecule has 0 aliphatic heterocycles. The third-order valence-corrected chi connectivity index (χ3v) is 4.31. The molecule has 3 nitrogen and oxygen atoms in total. The Balaban J connectivity index is 1.81. The van der Waals surface area contributed by atoms with Gasteiger partial charge in [0.25, 0.3) is 0 Å². The Morgan fingerprint density at radius 3 is 2.67 bits per heavy atom. The predicted octanol–water partition coefficient (Wildman–Crippen LogP) is 3.21. The van der Waals surface area contributed by atoms with Crippen molar-refractivity contribution in [2.45, 2.75) is 64.8 Å². The largest absolute Gasteiger partial charge is 0.359 e. The van der Waals surface area contributed by atoms with Crippen LogP contribution in [0.25, 0.3) is 0 Å². The van der Waals surface area contributed by atoms with Crippen molar-refractivity contribution in [3.05, 3.63) is 0 Å². The normalized spacial score (nSPS) is 30.1. The van der Waals surface area contributed by atoms with Crippen LogP contribution < -0.4 is 10.7 Å². The van der Waals surface area contributed by atoms with Crippen LogP contribution in [0.2, 0.25) is 0 Å². The van der Waals surface area contributed by atoms with Crippen molar-refractivity contribution in [2.75, 3.05) is 0 Å². The molecule has 2 saturated carbocycles. The lowest BCUT2D eigenvalue weighted by Gasteiger charge is -2.35. The van der Waals surface area contributed by atoms with Gasteiger partial charge in [0, 0.05) is 11.8 Å².